The maximum absolute atomic E-state index is 4.63. The Kier molecular flexibility index (Phi) is 3.70. The van der Waals surface area contributed by atoms with Crippen LogP contribution < -0.4 is 0 Å². The highest BCUT2D eigenvalue weighted by Gasteiger charge is 2.28. The summed E-state index contributed by atoms with van der Waals surface area (Å²) in [6, 6.07) is 8.45. The second-order valence-electron chi connectivity index (χ2n) is 6.29. The van der Waals surface area contributed by atoms with E-state index in [1.165, 1.54) is 22.4 Å². The van der Waals surface area contributed by atoms with E-state index in [-0.39, 0.29) is 0 Å². The van der Waals surface area contributed by atoms with Crippen LogP contribution in [-0.2, 0) is 6.42 Å². The maximum Gasteiger partial charge on any atom is 0.0661 e. The fourth-order valence-electron chi connectivity index (χ4n) is 3.82. The third kappa shape index (κ3) is 2.56. The Balaban J connectivity index is 1.66. The van der Waals surface area contributed by atoms with Crippen LogP contribution in [0.5, 0.6) is 0 Å². The average molecular weight is 303 g/mol. The van der Waals surface area contributed by atoms with Gasteiger partial charge in [-0.25, -0.2) is 0 Å². The van der Waals surface area contributed by atoms with Crippen molar-refractivity contribution in [1.82, 2.24) is 10.2 Å². The number of benzene rings is 1. The van der Waals surface area contributed by atoms with E-state index < -0.39 is 0 Å². The molecule has 2 aromatic rings. The number of para-hydroxylation sites is 1. The minimum Gasteiger partial charge on any atom is -0.278 e. The number of allylic oxidation sites excluding steroid dienone is 3. The number of aliphatic imine (C=N–C) groups is 1. The van der Waals surface area contributed by atoms with Gasteiger partial charge in [-0.3, -0.25) is 10.1 Å². The molecule has 0 saturated carbocycles. The summed E-state index contributed by atoms with van der Waals surface area (Å²) in [5.41, 5.74) is 6.43. The summed E-state index contributed by atoms with van der Waals surface area (Å²) in [6.45, 7) is 2.26. The maximum atomic E-state index is 4.63. The Morgan fingerprint density at radius 1 is 1.22 bits per heavy atom. The number of fused-ring (bicyclic) bond motifs is 2. The van der Waals surface area contributed by atoms with E-state index in [9.17, 15) is 0 Å². The van der Waals surface area contributed by atoms with Crippen molar-refractivity contribution in [2.45, 2.75) is 32.1 Å². The first kappa shape index (κ1) is 14.2. The molecule has 0 fully saturated rings. The van der Waals surface area contributed by atoms with Gasteiger partial charge in [0.25, 0.3) is 0 Å². The summed E-state index contributed by atoms with van der Waals surface area (Å²) in [6.07, 6.45) is 14.0. The lowest BCUT2D eigenvalue weighted by atomic mass is 9.75. The van der Waals surface area contributed by atoms with Crippen LogP contribution in [-0.4, -0.2) is 16.4 Å². The van der Waals surface area contributed by atoms with E-state index >= 15 is 0 Å². The molecule has 1 N–H and O–H groups in total. The van der Waals surface area contributed by atoms with E-state index in [4.69, 9.17) is 0 Å². The zero-order valence-electron chi connectivity index (χ0n) is 13.4. The minimum absolute atomic E-state index is 0.446. The van der Waals surface area contributed by atoms with Crippen molar-refractivity contribution in [3.8, 4) is 0 Å². The quantitative estimate of drug-likeness (QED) is 0.849. The molecule has 4 rings (SSSR count). The molecule has 0 bridgehead atoms. The van der Waals surface area contributed by atoms with Gasteiger partial charge in [-0.05, 0) is 49.0 Å². The molecule has 2 heterocycles. The van der Waals surface area contributed by atoms with Crippen LogP contribution in [0.3, 0.4) is 0 Å². The molecule has 2 aliphatic rings. The first-order valence-corrected chi connectivity index (χ1v) is 8.39. The van der Waals surface area contributed by atoms with Gasteiger partial charge in [-0.2, -0.15) is 5.10 Å². The fourth-order valence-corrected chi connectivity index (χ4v) is 3.82. The number of rotatable bonds is 2. The highest BCUT2D eigenvalue weighted by Crippen LogP contribution is 2.41. The molecular weight excluding hydrogens is 282 g/mol. The van der Waals surface area contributed by atoms with Gasteiger partial charge in [0.15, 0.2) is 0 Å². The topological polar surface area (TPSA) is 41.0 Å². The van der Waals surface area contributed by atoms with E-state index in [1.807, 2.05) is 12.4 Å². The summed E-state index contributed by atoms with van der Waals surface area (Å²) in [5.74, 6) is 0.949. The molecule has 0 amide bonds. The number of aromatic nitrogens is 2. The van der Waals surface area contributed by atoms with Gasteiger partial charge in [0, 0.05) is 17.7 Å². The molecule has 0 saturated heterocycles. The predicted molar refractivity (Wildman–Crippen MR) is 95.1 cm³/mol. The number of hydrogen-bond donors (Lipinski definition) is 1. The summed E-state index contributed by atoms with van der Waals surface area (Å²) in [4.78, 5) is 4.63. The summed E-state index contributed by atoms with van der Waals surface area (Å²) >= 11 is 0. The molecule has 116 valence electrons. The van der Waals surface area contributed by atoms with Crippen molar-refractivity contribution in [3.63, 3.8) is 0 Å². The van der Waals surface area contributed by atoms with Crippen LogP contribution in [0.25, 0.3) is 6.08 Å². The van der Waals surface area contributed by atoms with E-state index in [0.717, 1.165) is 24.9 Å². The van der Waals surface area contributed by atoms with Gasteiger partial charge in [-0.1, -0.05) is 36.8 Å². The lowest BCUT2D eigenvalue weighted by Crippen LogP contribution is -2.17. The molecule has 3 heteroatoms. The minimum atomic E-state index is 0.446. The summed E-state index contributed by atoms with van der Waals surface area (Å²) in [5, 5.41) is 7.32. The predicted octanol–water partition coefficient (Wildman–Crippen LogP) is 4.82. The molecular formula is C20H21N3. The van der Waals surface area contributed by atoms with Crippen LogP contribution in [0, 0.1) is 5.92 Å². The number of aryl methyl sites for hydroxylation is 1. The van der Waals surface area contributed by atoms with Crippen molar-refractivity contribution >= 4 is 18.0 Å². The number of H-pyrrole nitrogens is 1. The van der Waals surface area contributed by atoms with Crippen molar-refractivity contribution in [3.05, 3.63) is 65.0 Å². The number of nitrogens with one attached hydrogen (secondary N) is 1. The summed E-state index contributed by atoms with van der Waals surface area (Å²) in [7, 11) is 0. The molecule has 2 atom stereocenters. The molecule has 2 unspecified atom stereocenters. The first-order chi connectivity index (χ1) is 11.4. The van der Waals surface area contributed by atoms with Crippen LogP contribution in [0.2, 0.25) is 0 Å². The van der Waals surface area contributed by atoms with Crippen LogP contribution >= 0.6 is 0 Å². The zero-order chi connectivity index (χ0) is 15.6. The Morgan fingerprint density at radius 2 is 2.13 bits per heavy atom. The standard InChI is InChI=1S/C20H21N3/c1-2-16-17(9-10-20-18(16)13-22-23-20)14-7-8-15-5-3-4-6-19(15)21-12-11-14/h3-6,9-13,16-17H,2,7-8H2,1H3,(H,22,23)/b14-11+,21-12?. The molecule has 3 nitrogen and oxygen atoms in total. The van der Waals surface area contributed by atoms with Crippen molar-refractivity contribution in [2.24, 2.45) is 10.9 Å². The number of hydrogen-bond acceptors (Lipinski definition) is 2. The highest BCUT2D eigenvalue weighted by atomic mass is 15.1. The van der Waals surface area contributed by atoms with Gasteiger partial charge in [0.05, 0.1) is 17.6 Å². The Morgan fingerprint density at radius 3 is 3.04 bits per heavy atom. The third-order valence-electron chi connectivity index (χ3n) is 5.05. The zero-order valence-corrected chi connectivity index (χ0v) is 13.4. The van der Waals surface area contributed by atoms with Crippen LogP contribution in [0.1, 0.15) is 42.5 Å². The molecule has 1 aromatic heterocycles. The van der Waals surface area contributed by atoms with Gasteiger partial charge in [-0.15, -0.1) is 0 Å². The van der Waals surface area contributed by atoms with Crippen molar-refractivity contribution in [2.75, 3.05) is 0 Å². The summed E-state index contributed by atoms with van der Waals surface area (Å²) < 4.78 is 0. The van der Waals surface area contributed by atoms with Gasteiger partial charge in [0.2, 0.25) is 0 Å². The van der Waals surface area contributed by atoms with Crippen LogP contribution in [0.15, 0.2) is 53.2 Å². The van der Waals surface area contributed by atoms with Gasteiger partial charge < -0.3 is 0 Å². The second-order valence-corrected chi connectivity index (χ2v) is 6.29. The molecule has 23 heavy (non-hydrogen) atoms. The fraction of sp³-hybridized carbons (Fsp3) is 0.300. The van der Waals surface area contributed by atoms with E-state index in [2.05, 4.69) is 64.6 Å². The largest absolute Gasteiger partial charge is 0.278 e. The van der Waals surface area contributed by atoms with Crippen molar-refractivity contribution in [1.29, 1.82) is 0 Å². The number of aromatic amines is 1. The smallest absolute Gasteiger partial charge is 0.0661 e. The van der Waals surface area contributed by atoms with Gasteiger partial charge in [0.1, 0.15) is 0 Å². The molecule has 0 radical (unpaired) electrons. The first-order valence-electron chi connectivity index (χ1n) is 8.39. The number of nitrogens with zero attached hydrogens (tertiary/aromatic N) is 2. The molecule has 1 aliphatic carbocycles. The van der Waals surface area contributed by atoms with Crippen molar-refractivity contribution < 1.29 is 0 Å². The Hall–Kier alpha value is -2.42. The molecule has 0 spiro atoms. The lowest BCUT2D eigenvalue weighted by molar-refractivity contribution is 0.532. The molecule has 1 aromatic carbocycles. The third-order valence-corrected chi connectivity index (χ3v) is 5.05. The van der Waals surface area contributed by atoms with E-state index in [1.54, 1.807) is 0 Å². The Labute approximate surface area is 136 Å². The monoisotopic (exact) mass is 303 g/mol. The molecule has 1 aliphatic heterocycles. The lowest BCUT2D eigenvalue weighted by Gasteiger charge is -2.29. The normalized spacial score (nSPS) is 25.0. The van der Waals surface area contributed by atoms with Gasteiger partial charge >= 0.3 is 0 Å². The van der Waals surface area contributed by atoms with E-state index in [0.29, 0.717) is 11.8 Å². The SMILES string of the molecule is CCC1c2cn[nH]c2C=CC1/C1=C/C=Nc2ccccc2CC1. The second kappa shape index (κ2) is 5.99. The Bertz CT molecular complexity index is 795. The van der Waals surface area contributed by atoms with Crippen LogP contribution in [0.4, 0.5) is 5.69 Å². The average Bonchev–Trinajstić information content (AvgIpc) is 3.04. The highest BCUT2D eigenvalue weighted by molar-refractivity contribution is 5.77.